The molecule has 1 heterocycles. The van der Waals surface area contributed by atoms with Crippen LogP contribution < -0.4 is 14.8 Å². The highest BCUT2D eigenvalue weighted by Crippen LogP contribution is 2.26. The molecule has 1 amide bonds. The summed E-state index contributed by atoms with van der Waals surface area (Å²) in [4.78, 5) is 12.5. The van der Waals surface area contributed by atoms with Gasteiger partial charge in [-0.15, -0.1) is 0 Å². The van der Waals surface area contributed by atoms with Gasteiger partial charge in [0.15, 0.2) is 5.69 Å². The Morgan fingerprint density at radius 3 is 2.61 bits per heavy atom. The lowest BCUT2D eigenvalue weighted by atomic mass is 10.2. The van der Waals surface area contributed by atoms with Gasteiger partial charge >= 0.3 is 6.61 Å². The number of amides is 1. The van der Waals surface area contributed by atoms with E-state index in [9.17, 15) is 13.6 Å². The van der Waals surface area contributed by atoms with Crippen LogP contribution in [0.4, 0.5) is 14.5 Å². The molecule has 0 radical (unpaired) electrons. The van der Waals surface area contributed by atoms with Gasteiger partial charge in [-0.1, -0.05) is 28.9 Å². The van der Waals surface area contributed by atoms with Gasteiger partial charge in [0.2, 0.25) is 0 Å². The third kappa shape index (κ3) is 4.77. The Kier molecular flexibility index (Phi) is 6.10. The summed E-state index contributed by atoms with van der Waals surface area (Å²) in [6, 6.07) is 12.4. The average Bonchev–Trinajstić information content (AvgIpc) is 3.03. The Hall–Kier alpha value is -3.13. The normalized spacial score (nSPS) is 10.8. The van der Waals surface area contributed by atoms with Crippen LogP contribution in [0.5, 0.6) is 11.5 Å². The molecule has 0 aliphatic carbocycles. The van der Waals surface area contributed by atoms with Crippen molar-refractivity contribution in [3.8, 4) is 11.5 Å². The molecule has 0 spiro atoms. The third-order valence-electron chi connectivity index (χ3n) is 3.75. The molecular weight excluding hydrogens is 394 g/mol. The lowest BCUT2D eigenvalue weighted by molar-refractivity contribution is -0.0498. The van der Waals surface area contributed by atoms with Crippen LogP contribution in [0.1, 0.15) is 21.8 Å². The van der Waals surface area contributed by atoms with Crippen LogP contribution in [0.2, 0.25) is 5.02 Å². The molecule has 0 fully saturated rings. The number of hydrogen-bond acceptors (Lipinski definition) is 5. The van der Waals surface area contributed by atoms with Crippen molar-refractivity contribution in [1.29, 1.82) is 0 Å². The molecule has 1 N–H and O–H groups in total. The molecule has 0 bridgehead atoms. The van der Waals surface area contributed by atoms with E-state index >= 15 is 0 Å². The van der Waals surface area contributed by atoms with Crippen molar-refractivity contribution in [2.45, 2.75) is 20.1 Å². The van der Waals surface area contributed by atoms with Gasteiger partial charge in [0, 0.05) is 5.69 Å². The predicted octanol–water partition coefficient (Wildman–Crippen LogP) is 5.07. The van der Waals surface area contributed by atoms with Crippen molar-refractivity contribution < 1.29 is 27.6 Å². The fourth-order valence-electron chi connectivity index (χ4n) is 2.36. The van der Waals surface area contributed by atoms with E-state index in [0.29, 0.717) is 27.8 Å². The number of halogens is 3. The van der Waals surface area contributed by atoms with E-state index in [1.165, 1.54) is 24.3 Å². The standard InChI is InChI=1S/C19H15ClF2N2O4/c1-11-14(10-26-16-5-3-2-4-15(16)20)17(24-28-11)18(25)23-12-6-8-13(9-7-12)27-19(21)22/h2-9,19H,10H2,1H3,(H,23,25). The van der Waals surface area contributed by atoms with E-state index in [1.807, 2.05) is 0 Å². The van der Waals surface area contributed by atoms with Crippen molar-refractivity contribution in [2.75, 3.05) is 5.32 Å². The Morgan fingerprint density at radius 1 is 1.21 bits per heavy atom. The second-order valence-corrected chi connectivity index (χ2v) is 6.05. The molecule has 1 aromatic heterocycles. The number of benzene rings is 2. The number of aromatic nitrogens is 1. The van der Waals surface area contributed by atoms with Crippen molar-refractivity contribution in [3.05, 3.63) is 70.6 Å². The number of nitrogens with one attached hydrogen (secondary N) is 1. The number of nitrogens with zero attached hydrogens (tertiary/aromatic N) is 1. The quantitative estimate of drug-likeness (QED) is 0.591. The van der Waals surface area contributed by atoms with E-state index in [1.54, 1.807) is 31.2 Å². The number of ether oxygens (including phenoxy) is 2. The van der Waals surface area contributed by atoms with Gasteiger partial charge in [0.05, 0.1) is 10.6 Å². The minimum absolute atomic E-state index is 0.0147. The molecule has 3 rings (SSSR count). The number of para-hydroxylation sites is 1. The Labute approximate surface area is 164 Å². The van der Waals surface area contributed by atoms with Crippen LogP contribution in [0.15, 0.2) is 53.1 Å². The number of rotatable bonds is 7. The molecule has 3 aromatic rings. The van der Waals surface area contributed by atoms with E-state index in [-0.39, 0.29) is 18.1 Å². The zero-order chi connectivity index (χ0) is 20.1. The molecule has 0 aliphatic heterocycles. The molecular formula is C19H15ClF2N2O4. The smallest absolute Gasteiger partial charge is 0.387 e. The first-order valence-electron chi connectivity index (χ1n) is 8.12. The van der Waals surface area contributed by atoms with Crippen molar-refractivity contribution in [2.24, 2.45) is 0 Å². The van der Waals surface area contributed by atoms with E-state index < -0.39 is 12.5 Å². The molecule has 0 saturated carbocycles. The van der Waals surface area contributed by atoms with Gasteiger partial charge in [0.1, 0.15) is 23.9 Å². The van der Waals surface area contributed by atoms with Crippen LogP contribution >= 0.6 is 11.6 Å². The maximum Gasteiger partial charge on any atom is 0.387 e. The second-order valence-electron chi connectivity index (χ2n) is 5.64. The predicted molar refractivity (Wildman–Crippen MR) is 98.1 cm³/mol. The minimum Gasteiger partial charge on any atom is -0.487 e. The molecule has 0 aliphatic rings. The maximum atomic E-state index is 12.5. The summed E-state index contributed by atoms with van der Waals surface area (Å²) in [5, 5.41) is 6.83. The Balaban J connectivity index is 1.70. The summed E-state index contributed by atoms with van der Waals surface area (Å²) in [6.45, 7) is -1.23. The summed E-state index contributed by atoms with van der Waals surface area (Å²) in [5.41, 5.74) is 0.901. The lowest BCUT2D eigenvalue weighted by Crippen LogP contribution is -2.15. The first-order valence-corrected chi connectivity index (χ1v) is 8.50. The highest BCUT2D eigenvalue weighted by Gasteiger charge is 2.21. The molecule has 0 saturated heterocycles. The third-order valence-corrected chi connectivity index (χ3v) is 4.06. The zero-order valence-corrected chi connectivity index (χ0v) is 15.4. The van der Waals surface area contributed by atoms with Gasteiger partial charge in [-0.3, -0.25) is 4.79 Å². The molecule has 9 heteroatoms. The fraction of sp³-hybridized carbons (Fsp3) is 0.158. The highest BCUT2D eigenvalue weighted by molar-refractivity contribution is 6.32. The summed E-state index contributed by atoms with van der Waals surface area (Å²) < 4.78 is 39.4. The van der Waals surface area contributed by atoms with Crippen LogP contribution in [-0.4, -0.2) is 17.7 Å². The van der Waals surface area contributed by atoms with Crippen LogP contribution in [0, 0.1) is 6.92 Å². The highest BCUT2D eigenvalue weighted by atomic mass is 35.5. The number of carbonyl (C=O) groups excluding carboxylic acids is 1. The summed E-state index contributed by atoms with van der Waals surface area (Å²) in [7, 11) is 0. The Morgan fingerprint density at radius 2 is 1.93 bits per heavy atom. The topological polar surface area (TPSA) is 73.6 Å². The van der Waals surface area contributed by atoms with Gasteiger partial charge in [-0.25, -0.2) is 0 Å². The average molecular weight is 409 g/mol. The lowest BCUT2D eigenvalue weighted by Gasteiger charge is -2.09. The van der Waals surface area contributed by atoms with E-state index in [0.717, 1.165) is 0 Å². The van der Waals surface area contributed by atoms with Gasteiger partial charge < -0.3 is 19.3 Å². The number of alkyl halides is 2. The number of anilines is 1. The largest absolute Gasteiger partial charge is 0.487 e. The van der Waals surface area contributed by atoms with Crippen molar-refractivity contribution in [3.63, 3.8) is 0 Å². The number of carbonyl (C=O) groups is 1. The number of hydrogen-bond donors (Lipinski definition) is 1. The van der Waals surface area contributed by atoms with Crippen molar-refractivity contribution in [1.82, 2.24) is 5.16 Å². The SMILES string of the molecule is Cc1onc(C(=O)Nc2ccc(OC(F)F)cc2)c1COc1ccccc1Cl. The van der Waals surface area contributed by atoms with E-state index in [2.05, 4.69) is 15.2 Å². The molecule has 28 heavy (non-hydrogen) atoms. The first kappa shape index (κ1) is 19.6. The van der Waals surface area contributed by atoms with E-state index in [4.69, 9.17) is 20.9 Å². The summed E-state index contributed by atoms with van der Waals surface area (Å²) in [6.07, 6.45) is 0. The van der Waals surface area contributed by atoms with Crippen LogP contribution in [0.3, 0.4) is 0 Å². The van der Waals surface area contributed by atoms with Gasteiger partial charge in [-0.05, 0) is 43.3 Å². The van der Waals surface area contributed by atoms with Crippen LogP contribution in [-0.2, 0) is 6.61 Å². The molecule has 0 atom stereocenters. The Bertz CT molecular complexity index is 961. The summed E-state index contributed by atoms with van der Waals surface area (Å²) in [5.74, 6) is 0.347. The second kappa shape index (κ2) is 8.71. The zero-order valence-electron chi connectivity index (χ0n) is 14.6. The molecule has 146 valence electrons. The van der Waals surface area contributed by atoms with Crippen molar-refractivity contribution >= 4 is 23.2 Å². The van der Waals surface area contributed by atoms with Crippen LogP contribution in [0.25, 0.3) is 0 Å². The van der Waals surface area contributed by atoms with Gasteiger partial charge in [0.25, 0.3) is 5.91 Å². The first-order chi connectivity index (χ1) is 13.4. The fourth-order valence-corrected chi connectivity index (χ4v) is 2.55. The van der Waals surface area contributed by atoms with Gasteiger partial charge in [-0.2, -0.15) is 8.78 Å². The summed E-state index contributed by atoms with van der Waals surface area (Å²) >= 11 is 6.06. The molecule has 0 unspecified atom stereocenters. The maximum absolute atomic E-state index is 12.5. The molecule has 2 aromatic carbocycles. The molecule has 6 nitrogen and oxygen atoms in total. The monoisotopic (exact) mass is 408 g/mol. The minimum atomic E-state index is -2.92. The number of aryl methyl sites for hydroxylation is 1.